The van der Waals surface area contributed by atoms with E-state index >= 15 is 0 Å². The van der Waals surface area contributed by atoms with Crippen LogP contribution in [0.5, 0.6) is 0 Å². The average Bonchev–Trinajstić information content (AvgIpc) is 3.73. The second kappa shape index (κ2) is 19.4. The van der Waals surface area contributed by atoms with Gasteiger partial charge in [0.05, 0.1) is 16.7 Å². The molecular formula is C63H60N2. The number of aryl methyl sites for hydroxylation is 1. The zero-order chi connectivity index (χ0) is 44.9. The van der Waals surface area contributed by atoms with Gasteiger partial charge in [0.2, 0.25) is 0 Å². The molecular weight excluding hydrogens is 785 g/mol. The molecule has 0 unspecified atom stereocenters. The van der Waals surface area contributed by atoms with Crippen molar-refractivity contribution in [3.8, 4) is 5.69 Å². The van der Waals surface area contributed by atoms with Crippen molar-refractivity contribution >= 4 is 82.8 Å². The van der Waals surface area contributed by atoms with Crippen molar-refractivity contribution in [2.24, 2.45) is 4.99 Å². The lowest BCUT2D eigenvalue weighted by molar-refractivity contribution is 0.982. The van der Waals surface area contributed by atoms with Crippen molar-refractivity contribution < 1.29 is 0 Å². The normalized spacial score (nSPS) is 13.8. The molecule has 8 aromatic carbocycles. The molecule has 0 radical (unpaired) electrons. The SMILES string of the molecule is C=C(C)c1ccccc1.CC.CC/C=C(/N=C(CCC)c1ccc2c(c1)c1cc3ccccc3c3c1c1c2cccc1n3-c1ccc2c(c1)C=CCC2)c1ccc(C2=CC=CCC2)cc1. The summed E-state index contributed by atoms with van der Waals surface area (Å²) in [6.45, 7) is 14.3. The van der Waals surface area contributed by atoms with Crippen LogP contribution in [-0.2, 0) is 6.42 Å². The summed E-state index contributed by atoms with van der Waals surface area (Å²) in [6.07, 6.45) is 20.9. The highest BCUT2D eigenvalue weighted by Crippen LogP contribution is 2.47. The Labute approximate surface area is 385 Å². The molecule has 0 N–H and O–H groups in total. The lowest BCUT2D eigenvalue weighted by atomic mass is 9.90. The Morgan fingerprint density at radius 3 is 2.18 bits per heavy atom. The molecule has 0 fully saturated rings. The molecule has 11 rings (SSSR count). The largest absolute Gasteiger partial charge is 0.309 e. The maximum Gasteiger partial charge on any atom is 0.0665 e. The first-order valence-electron chi connectivity index (χ1n) is 23.9. The van der Waals surface area contributed by atoms with Gasteiger partial charge in [-0.1, -0.05) is 192 Å². The Morgan fingerprint density at radius 2 is 1.43 bits per heavy atom. The van der Waals surface area contributed by atoms with Crippen molar-refractivity contribution in [1.29, 1.82) is 0 Å². The van der Waals surface area contributed by atoms with E-state index < -0.39 is 0 Å². The van der Waals surface area contributed by atoms with Crippen molar-refractivity contribution in [1.82, 2.24) is 4.57 Å². The molecule has 0 amide bonds. The summed E-state index contributed by atoms with van der Waals surface area (Å²) in [5.74, 6) is 0. The Balaban J connectivity index is 0.000000431. The molecule has 0 atom stereocenters. The average molecular weight is 845 g/mol. The van der Waals surface area contributed by atoms with Crippen LogP contribution in [0.25, 0.3) is 82.7 Å². The first kappa shape index (κ1) is 43.2. The third-order valence-corrected chi connectivity index (χ3v) is 12.9. The van der Waals surface area contributed by atoms with Crippen molar-refractivity contribution in [2.75, 3.05) is 0 Å². The molecule has 0 bridgehead atoms. The zero-order valence-electron chi connectivity index (χ0n) is 38.8. The molecule has 0 aliphatic heterocycles. The highest BCUT2D eigenvalue weighted by Gasteiger charge is 2.23. The lowest BCUT2D eigenvalue weighted by Gasteiger charge is -2.15. The minimum absolute atomic E-state index is 0.911. The second-order valence-corrected chi connectivity index (χ2v) is 17.2. The molecule has 0 saturated carbocycles. The van der Waals surface area contributed by atoms with Gasteiger partial charge in [0.15, 0.2) is 0 Å². The second-order valence-electron chi connectivity index (χ2n) is 17.2. The summed E-state index contributed by atoms with van der Waals surface area (Å²) in [7, 11) is 0. The highest BCUT2D eigenvalue weighted by molar-refractivity contribution is 6.38. The monoisotopic (exact) mass is 844 g/mol. The van der Waals surface area contributed by atoms with Crippen LogP contribution in [-0.4, -0.2) is 10.3 Å². The van der Waals surface area contributed by atoms with Gasteiger partial charge >= 0.3 is 0 Å². The van der Waals surface area contributed by atoms with E-state index in [9.17, 15) is 0 Å². The number of hydrogen-bond donors (Lipinski definition) is 0. The van der Waals surface area contributed by atoms with Crippen molar-refractivity contribution in [2.45, 2.75) is 79.6 Å². The molecule has 0 spiro atoms. The van der Waals surface area contributed by atoms with Gasteiger partial charge in [0, 0.05) is 27.6 Å². The minimum Gasteiger partial charge on any atom is -0.309 e. The molecule has 2 nitrogen and oxygen atoms in total. The van der Waals surface area contributed by atoms with Gasteiger partial charge in [-0.2, -0.15) is 0 Å². The van der Waals surface area contributed by atoms with E-state index in [2.05, 4.69) is 183 Å². The van der Waals surface area contributed by atoms with Gasteiger partial charge in [-0.3, -0.25) is 4.99 Å². The molecule has 9 aromatic rings. The van der Waals surface area contributed by atoms with Crippen LogP contribution in [0.15, 0.2) is 181 Å². The van der Waals surface area contributed by atoms with E-state index in [0.717, 1.165) is 61.9 Å². The standard InChI is InChI=1S/C52H44N2.C9H10.C2H6/c1-3-13-47(37-25-23-36(24-26-37)34-15-6-5-7-16-34)53-48(14-4-2)40-28-30-43-44-21-12-22-49-50(44)51-46(45(43)33-40)32-39-19-10-11-20-42(39)52(51)54(49)41-29-27-35-17-8-9-18-38(35)31-41;1-8(2)9-6-4-3-5-7-9;1-2/h5-6,9-13,15,18-33H,3-4,7-8,14,16-17H2,1-2H3;3-7H,1H2,2H3;1-2H3/b47-13+,53-48?;;. The van der Waals surface area contributed by atoms with Crippen LogP contribution in [0.2, 0.25) is 0 Å². The summed E-state index contributed by atoms with van der Waals surface area (Å²) in [4.78, 5) is 5.49. The minimum atomic E-state index is 0.911. The van der Waals surface area contributed by atoms with Crippen molar-refractivity contribution in [3.63, 3.8) is 0 Å². The highest BCUT2D eigenvalue weighted by atomic mass is 15.0. The molecule has 65 heavy (non-hydrogen) atoms. The van der Waals surface area contributed by atoms with E-state index in [-0.39, 0.29) is 0 Å². The van der Waals surface area contributed by atoms with E-state index in [1.807, 2.05) is 39.0 Å². The van der Waals surface area contributed by atoms with Crippen LogP contribution >= 0.6 is 0 Å². The van der Waals surface area contributed by atoms with E-state index in [1.54, 1.807) is 0 Å². The number of allylic oxidation sites excluding steroid dienone is 7. The fourth-order valence-corrected chi connectivity index (χ4v) is 9.85. The first-order chi connectivity index (χ1) is 32.0. The fraction of sp³-hybridized carbons (Fsp3) is 0.190. The van der Waals surface area contributed by atoms with Gasteiger partial charge in [-0.25, -0.2) is 0 Å². The van der Waals surface area contributed by atoms with Crippen LogP contribution in [0.4, 0.5) is 0 Å². The predicted molar refractivity (Wildman–Crippen MR) is 287 cm³/mol. The summed E-state index contributed by atoms with van der Waals surface area (Å²) in [5.41, 5.74) is 16.2. The third kappa shape index (κ3) is 8.42. The molecule has 2 aliphatic carbocycles. The molecule has 1 aromatic heterocycles. The van der Waals surface area contributed by atoms with E-state index in [0.29, 0.717) is 0 Å². The molecule has 0 saturated heterocycles. The number of fused-ring (bicyclic) bond motifs is 6. The number of aromatic nitrogens is 1. The fourth-order valence-electron chi connectivity index (χ4n) is 9.85. The number of aliphatic imine (C=N–C) groups is 1. The summed E-state index contributed by atoms with van der Waals surface area (Å²) >= 11 is 0. The summed E-state index contributed by atoms with van der Waals surface area (Å²) in [6, 6.07) is 51.7. The van der Waals surface area contributed by atoms with Crippen LogP contribution < -0.4 is 0 Å². The maximum absolute atomic E-state index is 5.49. The van der Waals surface area contributed by atoms with Gasteiger partial charge in [-0.15, -0.1) is 0 Å². The topological polar surface area (TPSA) is 17.3 Å². The summed E-state index contributed by atoms with van der Waals surface area (Å²) < 4.78 is 2.54. The Kier molecular flexibility index (Phi) is 12.9. The number of nitrogens with zero attached hydrogens (tertiary/aromatic N) is 2. The zero-order valence-corrected chi connectivity index (χ0v) is 38.8. The van der Waals surface area contributed by atoms with E-state index in [1.165, 1.54) is 98.8 Å². The van der Waals surface area contributed by atoms with Crippen molar-refractivity contribution in [3.05, 3.63) is 210 Å². The molecule has 2 heteroatoms. The van der Waals surface area contributed by atoms with Gasteiger partial charge < -0.3 is 4.57 Å². The third-order valence-electron chi connectivity index (χ3n) is 12.9. The maximum atomic E-state index is 5.49. The van der Waals surface area contributed by atoms with Gasteiger partial charge in [0.25, 0.3) is 0 Å². The number of rotatable bonds is 9. The summed E-state index contributed by atoms with van der Waals surface area (Å²) in [5, 5.41) is 10.4. The Bertz CT molecular complexity index is 3330. The smallest absolute Gasteiger partial charge is 0.0665 e. The quantitative estimate of drug-likeness (QED) is 0.0782. The Hall–Kier alpha value is -7.03. The van der Waals surface area contributed by atoms with Gasteiger partial charge in [-0.05, 0) is 142 Å². The van der Waals surface area contributed by atoms with E-state index in [4.69, 9.17) is 4.99 Å². The molecule has 322 valence electrons. The predicted octanol–water partition coefficient (Wildman–Crippen LogP) is 18.2. The molecule has 2 aliphatic rings. The van der Waals surface area contributed by atoms with Crippen LogP contribution in [0.1, 0.15) is 107 Å². The molecule has 1 heterocycles. The van der Waals surface area contributed by atoms with Crippen LogP contribution in [0, 0.1) is 0 Å². The van der Waals surface area contributed by atoms with Crippen LogP contribution in [0.3, 0.4) is 0 Å². The number of benzene rings is 8. The first-order valence-corrected chi connectivity index (χ1v) is 23.9. The lowest BCUT2D eigenvalue weighted by Crippen LogP contribution is -2.02. The van der Waals surface area contributed by atoms with Gasteiger partial charge in [0.1, 0.15) is 0 Å². The number of hydrogen-bond acceptors (Lipinski definition) is 1. The Morgan fingerprint density at radius 1 is 0.662 bits per heavy atom.